The molecule has 2 aromatic rings. The first-order valence-corrected chi connectivity index (χ1v) is 9.37. The third kappa shape index (κ3) is 4.41. The zero-order chi connectivity index (χ0) is 16.4. The van der Waals surface area contributed by atoms with E-state index in [1.54, 1.807) is 29.2 Å². The summed E-state index contributed by atoms with van der Waals surface area (Å²) in [5.41, 5.74) is 0.820. The summed E-state index contributed by atoms with van der Waals surface area (Å²) in [5, 5.41) is 2.20. The van der Waals surface area contributed by atoms with Gasteiger partial charge < -0.3 is 4.74 Å². The van der Waals surface area contributed by atoms with E-state index in [0.29, 0.717) is 11.7 Å². The maximum absolute atomic E-state index is 12.8. The van der Waals surface area contributed by atoms with Crippen molar-refractivity contribution in [2.75, 3.05) is 12.4 Å². The van der Waals surface area contributed by atoms with Crippen LogP contribution in [-0.2, 0) is 0 Å². The fourth-order valence-electron chi connectivity index (χ4n) is 2.03. The minimum absolute atomic E-state index is 0.354. The van der Waals surface area contributed by atoms with Crippen molar-refractivity contribution in [2.24, 2.45) is 0 Å². The van der Waals surface area contributed by atoms with E-state index < -0.39 is 12.5 Å². The van der Waals surface area contributed by atoms with E-state index in [1.165, 1.54) is 24.0 Å². The molecular formula is C16H18F2N2OS2. The molecule has 2 heterocycles. The van der Waals surface area contributed by atoms with Crippen LogP contribution in [0, 0.1) is 0 Å². The van der Waals surface area contributed by atoms with Gasteiger partial charge in [0.2, 0.25) is 0 Å². The van der Waals surface area contributed by atoms with Gasteiger partial charge in [-0.15, -0.1) is 23.1 Å². The molecule has 0 aliphatic heterocycles. The van der Waals surface area contributed by atoms with Crippen LogP contribution in [0.5, 0.6) is 5.75 Å². The number of nitrogens with zero attached hydrogens (tertiary/aromatic N) is 2. The number of thioether (sulfide) groups is 1. The highest BCUT2D eigenvalue weighted by atomic mass is 32.2. The SMILES string of the molecule is CCSc1nc(C2CC2)sc1-c1ccc(OCC(C)(F)F)cn1. The quantitative estimate of drug-likeness (QED) is 0.637. The van der Waals surface area contributed by atoms with E-state index >= 15 is 0 Å². The van der Waals surface area contributed by atoms with Gasteiger partial charge >= 0.3 is 0 Å². The molecule has 0 radical (unpaired) electrons. The smallest absolute Gasteiger partial charge is 0.278 e. The van der Waals surface area contributed by atoms with Gasteiger partial charge in [-0.1, -0.05) is 6.92 Å². The average molecular weight is 356 g/mol. The van der Waals surface area contributed by atoms with Crippen LogP contribution < -0.4 is 4.74 Å². The summed E-state index contributed by atoms with van der Waals surface area (Å²) < 4.78 is 30.7. The van der Waals surface area contributed by atoms with Crippen LogP contribution in [0.1, 0.15) is 37.6 Å². The highest BCUT2D eigenvalue weighted by molar-refractivity contribution is 7.99. The molecule has 0 N–H and O–H groups in total. The van der Waals surface area contributed by atoms with Crippen LogP contribution in [0.2, 0.25) is 0 Å². The second kappa shape index (κ2) is 6.73. The van der Waals surface area contributed by atoms with Crippen molar-refractivity contribution in [3.05, 3.63) is 23.3 Å². The van der Waals surface area contributed by atoms with E-state index in [4.69, 9.17) is 9.72 Å². The zero-order valence-electron chi connectivity index (χ0n) is 13.0. The number of halogens is 2. The molecule has 0 bridgehead atoms. The van der Waals surface area contributed by atoms with Gasteiger partial charge in [-0.3, -0.25) is 4.98 Å². The van der Waals surface area contributed by atoms with Gasteiger partial charge in [-0.2, -0.15) is 0 Å². The molecule has 0 atom stereocenters. The molecule has 7 heteroatoms. The average Bonchev–Trinajstić information content (AvgIpc) is 3.27. The Balaban J connectivity index is 1.78. The normalized spacial score (nSPS) is 15.0. The van der Waals surface area contributed by atoms with Crippen molar-refractivity contribution in [3.8, 4) is 16.3 Å². The fourth-order valence-corrected chi connectivity index (χ4v) is 4.17. The Kier molecular flexibility index (Phi) is 4.87. The summed E-state index contributed by atoms with van der Waals surface area (Å²) in [6.45, 7) is 2.29. The first-order valence-electron chi connectivity index (χ1n) is 7.57. The van der Waals surface area contributed by atoms with E-state index in [9.17, 15) is 8.78 Å². The topological polar surface area (TPSA) is 35.0 Å². The van der Waals surface area contributed by atoms with Gasteiger partial charge in [0.15, 0.2) is 6.61 Å². The Bertz CT molecular complexity index is 664. The van der Waals surface area contributed by atoms with Gasteiger partial charge in [0.25, 0.3) is 5.92 Å². The minimum atomic E-state index is -2.85. The minimum Gasteiger partial charge on any atom is -0.486 e. The summed E-state index contributed by atoms with van der Waals surface area (Å²) in [7, 11) is 0. The molecule has 124 valence electrons. The molecule has 0 spiro atoms. The van der Waals surface area contributed by atoms with E-state index in [-0.39, 0.29) is 0 Å². The molecule has 0 saturated heterocycles. The van der Waals surface area contributed by atoms with Crippen LogP contribution in [0.3, 0.4) is 0 Å². The van der Waals surface area contributed by atoms with Gasteiger partial charge in [0.1, 0.15) is 10.8 Å². The number of alkyl halides is 2. The number of pyridine rings is 1. The Morgan fingerprint density at radius 3 is 2.74 bits per heavy atom. The first kappa shape index (κ1) is 16.6. The van der Waals surface area contributed by atoms with Crippen molar-refractivity contribution in [1.82, 2.24) is 9.97 Å². The van der Waals surface area contributed by atoms with Crippen LogP contribution in [0.15, 0.2) is 23.4 Å². The van der Waals surface area contributed by atoms with Crippen LogP contribution in [0.4, 0.5) is 8.78 Å². The number of rotatable bonds is 7. The Morgan fingerprint density at radius 2 is 2.17 bits per heavy atom. The molecule has 0 unspecified atom stereocenters. The van der Waals surface area contributed by atoms with Crippen molar-refractivity contribution < 1.29 is 13.5 Å². The van der Waals surface area contributed by atoms with Crippen molar-refractivity contribution in [3.63, 3.8) is 0 Å². The predicted molar refractivity (Wildman–Crippen MR) is 89.8 cm³/mol. The van der Waals surface area contributed by atoms with E-state index in [2.05, 4.69) is 11.9 Å². The van der Waals surface area contributed by atoms with Gasteiger partial charge in [-0.05, 0) is 30.7 Å². The molecule has 1 aliphatic carbocycles. The van der Waals surface area contributed by atoms with Crippen molar-refractivity contribution in [1.29, 1.82) is 0 Å². The summed E-state index contributed by atoms with van der Waals surface area (Å²) in [5.74, 6) is -0.931. The van der Waals surface area contributed by atoms with Gasteiger partial charge in [-0.25, -0.2) is 13.8 Å². The third-order valence-electron chi connectivity index (χ3n) is 3.28. The van der Waals surface area contributed by atoms with Crippen molar-refractivity contribution >= 4 is 23.1 Å². The van der Waals surface area contributed by atoms with Crippen LogP contribution >= 0.6 is 23.1 Å². The van der Waals surface area contributed by atoms with E-state index in [1.807, 2.05) is 6.07 Å². The number of thiazole rings is 1. The molecule has 0 amide bonds. The summed E-state index contributed by atoms with van der Waals surface area (Å²) in [4.78, 5) is 10.2. The maximum atomic E-state index is 12.8. The lowest BCUT2D eigenvalue weighted by molar-refractivity contribution is -0.0230. The zero-order valence-corrected chi connectivity index (χ0v) is 14.6. The highest BCUT2D eigenvalue weighted by Crippen LogP contribution is 2.46. The highest BCUT2D eigenvalue weighted by Gasteiger charge is 2.29. The largest absolute Gasteiger partial charge is 0.486 e. The molecule has 3 rings (SSSR count). The molecule has 3 nitrogen and oxygen atoms in total. The van der Waals surface area contributed by atoms with Crippen LogP contribution in [0.25, 0.3) is 10.6 Å². The second-order valence-electron chi connectivity index (χ2n) is 5.63. The third-order valence-corrected chi connectivity index (χ3v) is 5.51. The molecular weight excluding hydrogens is 338 g/mol. The molecule has 1 fully saturated rings. The van der Waals surface area contributed by atoms with Crippen molar-refractivity contribution in [2.45, 2.75) is 43.6 Å². The Morgan fingerprint density at radius 1 is 1.39 bits per heavy atom. The summed E-state index contributed by atoms with van der Waals surface area (Å²) in [6, 6.07) is 3.50. The first-order chi connectivity index (χ1) is 11.0. The monoisotopic (exact) mass is 356 g/mol. The maximum Gasteiger partial charge on any atom is 0.278 e. The molecule has 1 aliphatic rings. The Hall–Kier alpha value is -1.21. The molecule has 23 heavy (non-hydrogen) atoms. The second-order valence-corrected chi connectivity index (χ2v) is 7.92. The van der Waals surface area contributed by atoms with Gasteiger partial charge in [0.05, 0.1) is 21.8 Å². The summed E-state index contributed by atoms with van der Waals surface area (Å²) in [6.07, 6.45) is 3.93. The van der Waals surface area contributed by atoms with Gasteiger partial charge in [0, 0.05) is 12.8 Å². The van der Waals surface area contributed by atoms with E-state index in [0.717, 1.165) is 28.3 Å². The number of aromatic nitrogens is 2. The molecule has 0 aromatic carbocycles. The standard InChI is InChI=1S/C16H18F2N2OS2/c1-3-22-15-13(23-14(20-15)10-4-5-10)12-7-6-11(8-19-12)21-9-16(2,17)18/h6-8,10H,3-5,9H2,1-2H3. The number of hydrogen-bond acceptors (Lipinski definition) is 5. The fraction of sp³-hybridized carbons (Fsp3) is 0.500. The Labute approximate surface area is 142 Å². The summed E-state index contributed by atoms with van der Waals surface area (Å²) >= 11 is 3.40. The number of ether oxygens (including phenoxy) is 1. The lowest BCUT2D eigenvalue weighted by Crippen LogP contribution is -2.20. The van der Waals surface area contributed by atoms with Crippen LogP contribution in [-0.4, -0.2) is 28.3 Å². The molecule has 1 saturated carbocycles. The predicted octanol–water partition coefficient (Wildman–Crippen LogP) is 5.23. The lowest BCUT2D eigenvalue weighted by atomic mass is 10.3. The molecule has 2 aromatic heterocycles. The lowest BCUT2D eigenvalue weighted by Gasteiger charge is -2.11. The number of hydrogen-bond donors (Lipinski definition) is 0.